The molecule has 0 bridgehead atoms. The van der Waals surface area contributed by atoms with Gasteiger partial charge in [0.05, 0.1) is 17.6 Å². The third-order valence-corrected chi connectivity index (χ3v) is 6.16. The van der Waals surface area contributed by atoms with Crippen LogP contribution in [0.15, 0.2) is 78.9 Å². The first-order chi connectivity index (χ1) is 16.1. The van der Waals surface area contributed by atoms with E-state index in [-0.39, 0.29) is 18.4 Å². The topological polar surface area (TPSA) is 67.6 Å². The maximum absolute atomic E-state index is 12.9. The predicted octanol–water partition coefficient (Wildman–Crippen LogP) is 4.31. The number of rotatable bonds is 7. The average molecular weight is 442 g/mol. The Morgan fingerprint density at radius 1 is 1.03 bits per heavy atom. The van der Waals surface area contributed by atoms with Crippen LogP contribution in [-0.4, -0.2) is 39.8 Å². The summed E-state index contributed by atoms with van der Waals surface area (Å²) in [4.78, 5) is 19.7. The second-order valence-corrected chi connectivity index (χ2v) is 8.54. The smallest absolute Gasteiger partial charge is 0.227 e. The standard InChI is InChI=1S/C27H27N3O3/c1-19-9-5-7-13-24(19)29-16-20(15-26(29)32)27-28-23-12-6-8-14-25(23)30(27)17-21(31)18-33-22-10-3-2-4-11-22/h2-14,20-21,31H,15-18H2,1H3. The summed E-state index contributed by atoms with van der Waals surface area (Å²) in [5.74, 6) is 1.61. The molecule has 2 heterocycles. The van der Waals surface area contributed by atoms with Crippen LogP contribution >= 0.6 is 0 Å². The molecule has 6 nitrogen and oxygen atoms in total. The van der Waals surface area contributed by atoms with Crippen molar-refractivity contribution in [2.75, 3.05) is 18.1 Å². The molecule has 3 aromatic carbocycles. The first-order valence-electron chi connectivity index (χ1n) is 11.3. The van der Waals surface area contributed by atoms with Gasteiger partial charge in [-0.1, -0.05) is 48.5 Å². The van der Waals surface area contributed by atoms with Gasteiger partial charge in [0.25, 0.3) is 0 Å². The minimum absolute atomic E-state index is 0.0493. The third-order valence-electron chi connectivity index (χ3n) is 6.16. The minimum Gasteiger partial charge on any atom is -0.491 e. The largest absolute Gasteiger partial charge is 0.491 e. The van der Waals surface area contributed by atoms with Crippen molar-refractivity contribution in [1.82, 2.24) is 9.55 Å². The number of anilines is 1. The summed E-state index contributed by atoms with van der Waals surface area (Å²) in [6.45, 7) is 3.12. The van der Waals surface area contributed by atoms with Crippen LogP contribution in [0.3, 0.4) is 0 Å². The fraction of sp³-hybridized carbons (Fsp3) is 0.259. The molecule has 1 aromatic heterocycles. The Labute approximate surface area is 193 Å². The monoisotopic (exact) mass is 441 g/mol. The number of aromatic nitrogens is 2. The van der Waals surface area contributed by atoms with Gasteiger partial charge in [-0.25, -0.2) is 4.98 Å². The van der Waals surface area contributed by atoms with Gasteiger partial charge in [-0.15, -0.1) is 0 Å². The van der Waals surface area contributed by atoms with Gasteiger partial charge in [-0.2, -0.15) is 0 Å². The first-order valence-corrected chi connectivity index (χ1v) is 11.3. The Hall–Kier alpha value is -3.64. The second kappa shape index (κ2) is 9.08. The third kappa shape index (κ3) is 4.34. The summed E-state index contributed by atoms with van der Waals surface area (Å²) in [6, 6.07) is 25.3. The van der Waals surface area contributed by atoms with E-state index >= 15 is 0 Å². The Kier molecular flexibility index (Phi) is 5.84. The lowest BCUT2D eigenvalue weighted by Gasteiger charge is -2.20. The van der Waals surface area contributed by atoms with Crippen molar-refractivity contribution in [1.29, 1.82) is 0 Å². The van der Waals surface area contributed by atoms with E-state index in [9.17, 15) is 9.90 Å². The zero-order chi connectivity index (χ0) is 22.8. The van der Waals surface area contributed by atoms with Gasteiger partial charge in [0, 0.05) is 24.6 Å². The van der Waals surface area contributed by atoms with Crippen LogP contribution in [0, 0.1) is 6.92 Å². The molecule has 168 valence electrons. The van der Waals surface area contributed by atoms with E-state index in [1.54, 1.807) is 0 Å². The molecular weight excluding hydrogens is 414 g/mol. The number of aryl methyl sites for hydroxylation is 1. The summed E-state index contributed by atoms with van der Waals surface area (Å²) in [5, 5.41) is 10.8. The molecule has 0 spiro atoms. The van der Waals surface area contributed by atoms with E-state index < -0.39 is 6.10 Å². The van der Waals surface area contributed by atoms with Crippen LogP contribution in [0.5, 0.6) is 5.75 Å². The molecule has 0 radical (unpaired) electrons. The van der Waals surface area contributed by atoms with E-state index in [1.165, 1.54) is 0 Å². The number of fused-ring (bicyclic) bond motifs is 1. The number of aliphatic hydroxyl groups is 1. The number of ether oxygens (including phenoxy) is 1. The number of amides is 1. The van der Waals surface area contributed by atoms with E-state index in [1.807, 2.05) is 95.3 Å². The van der Waals surface area contributed by atoms with Crippen LogP contribution < -0.4 is 9.64 Å². The summed E-state index contributed by atoms with van der Waals surface area (Å²) in [6.07, 6.45) is -0.319. The molecule has 0 aliphatic carbocycles. The first kappa shape index (κ1) is 21.2. The number of hydrogen-bond acceptors (Lipinski definition) is 4. The lowest BCUT2D eigenvalue weighted by Crippen LogP contribution is -2.27. The highest BCUT2D eigenvalue weighted by Crippen LogP contribution is 2.34. The van der Waals surface area contributed by atoms with Crippen molar-refractivity contribution in [3.8, 4) is 5.75 Å². The molecule has 1 aliphatic rings. The lowest BCUT2D eigenvalue weighted by atomic mass is 10.1. The minimum atomic E-state index is -0.717. The quantitative estimate of drug-likeness (QED) is 0.464. The summed E-state index contributed by atoms with van der Waals surface area (Å²) in [7, 11) is 0. The van der Waals surface area contributed by atoms with E-state index in [0.29, 0.717) is 19.5 Å². The van der Waals surface area contributed by atoms with Gasteiger partial charge in [0.1, 0.15) is 24.3 Å². The summed E-state index contributed by atoms with van der Waals surface area (Å²) in [5.41, 5.74) is 3.84. The van der Waals surface area contributed by atoms with Gasteiger partial charge >= 0.3 is 0 Å². The van der Waals surface area contributed by atoms with Crippen molar-refractivity contribution in [3.05, 3.63) is 90.3 Å². The number of carbonyl (C=O) groups excluding carboxylic acids is 1. The number of imidazole rings is 1. The van der Waals surface area contributed by atoms with Gasteiger partial charge in [-0.3, -0.25) is 4.79 Å². The van der Waals surface area contributed by atoms with E-state index in [4.69, 9.17) is 9.72 Å². The summed E-state index contributed by atoms with van der Waals surface area (Å²) >= 11 is 0. The molecule has 4 aromatic rings. The van der Waals surface area contributed by atoms with Crippen molar-refractivity contribution in [2.24, 2.45) is 0 Å². The van der Waals surface area contributed by atoms with Gasteiger partial charge < -0.3 is 19.3 Å². The molecule has 1 fully saturated rings. The normalized spacial score (nSPS) is 17.0. The number of carbonyl (C=O) groups is 1. The second-order valence-electron chi connectivity index (χ2n) is 8.54. The SMILES string of the molecule is Cc1ccccc1N1CC(c2nc3ccccc3n2CC(O)COc2ccccc2)CC1=O. The number of para-hydroxylation sites is 4. The Balaban J connectivity index is 1.40. The molecular formula is C27H27N3O3. The van der Waals surface area contributed by atoms with Crippen LogP contribution in [0.4, 0.5) is 5.69 Å². The molecule has 0 saturated carbocycles. The van der Waals surface area contributed by atoms with Crippen LogP contribution in [0.2, 0.25) is 0 Å². The Bertz CT molecular complexity index is 1270. The fourth-order valence-corrected chi connectivity index (χ4v) is 4.55. The maximum atomic E-state index is 12.9. The van der Waals surface area contributed by atoms with Gasteiger partial charge in [-0.05, 0) is 42.8 Å². The fourth-order valence-electron chi connectivity index (χ4n) is 4.55. The molecule has 5 rings (SSSR count). The molecule has 6 heteroatoms. The highest BCUT2D eigenvalue weighted by molar-refractivity contribution is 5.97. The zero-order valence-corrected chi connectivity index (χ0v) is 18.6. The van der Waals surface area contributed by atoms with E-state index in [2.05, 4.69) is 0 Å². The molecule has 1 saturated heterocycles. The molecule has 1 N–H and O–H groups in total. The lowest BCUT2D eigenvalue weighted by molar-refractivity contribution is -0.117. The van der Waals surface area contributed by atoms with Gasteiger partial charge in [0.2, 0.25) is 5.91 Å². The molecule has 1 aliphatic heterocycles. The highest BCUT2D eigenvalue weighted by atomic mass is 16.5. The van der Waals surface area contributed by atoms with Crippen molar-refractivity contribution >= 4 is 22.6 Å². The molecule has 2 unspecified atom stereocenters. The van der Waals surface area contributed by atoms with E-state index in [0.717, 1.165) is 33.9 Å². The van der Waals surface area contributed by atoms with Crippen LogP contribution in [0.25, 0.3) is 11.0 Å². The number of aliphatic hydroxyl groups excluding tert-OH is 1. The Morgan fingerprint density at radius 3 is 2.58 bits per heavy atom. The highest BCUT2D eigenvalue weighted by Gasteiger charge is 2.35. The Morgan fingerprint density at radius 2 is 1.76 bits per heavy atom. The zero-order valence-electron chi connectivity index (χ0n) is 18.6. The summed E-state index contributed by atoms with van der Waals surface area (Å²) < 4.78 is 7.80. The van der Waals surface area contributed by atoms with Crippen LogP contribution in [-0.2, 0) is 11.3 Å². The number of hydrogen-bond donors (Lipinski definition) is 1. The van der Waals surface area contributed by atoms with Crippen molar-refractivity contribution < 1.29 is 14.6 Å². The predicted molar refractivity (Wildman–Crippen MR) is 129 cm³/mol. The number of nitrogens with zero attached hydrogens (tertiary/aromatic N) is 3. The van der Waals surface area contributed by atoms with Crippen molar-refractivity contribution in [3.63, 3.8) is 0 Å². The molecule has 33 heavy (non-hydrogen) atoms. The average Bonchev–Trinajstić information content (AvgIpc) is 3.39. The van der Waals surface area contributed by atoms with Crippen LogP contribution in [0.1, 0.15) is 23.7 Å². The van der Waals surface area contributed by atoms with Gasteiger partial charge in [0.15, 0.2) is 0 Å². The molecule has 2 atom stereocenters. The maximum Gasteiger partial charge on any atom is 0.227 e. The number of benzene rings is 3. The van der Waals surface area contributed by atoms with Crippen molar-refractivity contribution in [2.45, 2.75) is 31.9 Å². The molecule has 1 amide bonds.